The first kappa shape index (κ1) is 10.9. The van der Waals surface area contributed by atoms with E-state index in [-0.39, 0.29) is 5.82 Å². The zero-order chi connectivity index (χ0) is 11.5. The summed E-state index contributed by atoms with van der Waals surface area (Å²) in [5.74, 6) is 0.920. The zero-order valence-corrected chi connectivity index (χ0v) is 9.68. The lowest BCUT2D eigenvalue weighted by molar-refractivity contribution is 0.515. The Bertz CT molecular complexity index is 499. The average Bonchev–Trinajstić information content (AvgIpc) is 2.68. The van der Waals surface area contributed by atoms with Crippen molar-refractivity contribution in [2.75, 3.05) is 0 Å². The molecule has 0 unspecified atom stereocenters. The van der Waals surface area contributed by atoms with Gasteiger partial charge in [0.1, 0.15) is 17.3 Å². The first-order valence-electron chi connectivity index (χ1n) is 4.83. The molecule has 0 radical (unpaired) electrons. The van der Waals surface area contributed by atoms with Gasteiger partial charge < -0.3 is 4.74 Å². The molecule has 0 spiro atoms. The molecule has 0 aliphatic carbocycles. The van der Waals surface area contributed by atoms with Gasteiger partial charge in [-0.1, -0.05) is 6.58 Å². The van der Waals surface area contributed by atoms with Crippen molar-refractivity contribution in [2.24, 2.45) is 0 Å². The Labute approximate surface area is 97.8 Å². The molecule has 1 aromatic heterocycles. The van der Waals surface area contributed by atoms with Gasteiger partial charge in [-0.2, -0.15) is 0 Å². The Balaban J connectivity index is 2.14. The van der Waals surface area contributed by atoms with Crippen molar-refractivity contribution in [2.45, 2.75) is 6.92 Å². The molecule has 0 fully saturated rings. The molecule has 0 aliphatic rings. The summed E-state index contributed by atoms with van der Waals surface area (Å²) in [5, 5.41) is 1.99. The maximum absolute atomic E-state index is 12.7. The van der Waals surface area contributed by atoms with Crippen molar-refractivity contribution in [3.63, 3.8) is 0 Å². The van der Waals surface area contributed by atoms with Crippen molar-refractivity contribution in [3.8, 4) is 5.75 Å². The first-order chi connectivity index (χ1) is 7.66. The topological polar surface area (TPSA) is 9.23 Å². The standard InChI is InChI=1S/C13H11FOS/c1-9-7-8-16-13(9)10(2)15-12-5-3-11(14)4-6-12/h3-8H,2H2,1H3. The molecule has 82 valence electrons. The molecule has 1 heterocycles. The maximum atomic E-state index is 12.7. The van der Waals surface area contributed by atoms with E-state index < -0.39 is 0 Å². The van der Waals surface area contributed by atoms with Crippen molar-refractivity contribution in [1.29, 1.82) is 0 Å². The van der Waals surface area contributed by atoms with Crippen LogP contribution in [0.4, 0.5) is 4.39 Å². The van der Waals surface area contributed by atoms with Crippen LogP contribution < -0.4 is 4.74 Å². The molecule has 2 aromatic rings. The average molecular weight is 234 g/mol. The van der Waals surface area contributed by atoms with E-state index in [0.29, 0.717) is 11.5 Å². The number of hydrogen-bond donors (Lipinski definition) is 0. The molecule has 1 nitrogen and oxygen atoms in total. The monoisotopic (exact) mass is 234 g/mol. The molecule has 0 N–H and O–H groups in total. The van der Waals surface area contributed by atoms with Crippen LogP contribution in [0.3, 0.4) is 0 Å². The molecule has 3 heteroatoms. The lowest BCUT2D eigenvalue weighted by atomic mass is 10.2. The number of rotatable bonds is 3. The molecule has 0 aliphatic heterocycles. The molecule has 0 bridgehead atoms. The van der Waals surface area contributed by atoms with Gasteiger partial charge in [-0.15, -0.1) is 11.3 Å². The summed E-state index contributed by atoms with van der Waals surface area (Å²) in [5.41, 5.74) is 1.14. The summed E-state index contributed by atoms with van der Waals surface area (Å²) in [7, 11) is 0. The molecule has 0 saturated heterocycles. The fourth-order valence-corrected chi connectivity index (χ4v) is 2.18. The predicted octanol–water partition coefficient (Wildman–Crippen LogP) is 4.25. The van der Waals surface area contributed by atoms with Crippen LogP contribution in [-0.2, 0) is 0 Å². The van der Waals surface area contributed by atoms with Crippen LogP contribution in [0.25, 0.3) is 5.76 Å². The zero-order valence-electron chi connectivity index (χ0n) is 8.87. The van der Waals surface area contributed by atoms with E-state index >= 15 is 0 Å². The van der Waals surface area contributed by atoms with E-state index in [9.17, 15) is 4.39 Å². The summed E-state index contributed by atoms with van der Waals surface area (Å²) in [4.78, 5) is 1.02. The van der Waals surface area contributed by atoms with Gasteiger partial charge in [-0.05, 0) is 48.2 Å². The normalized spacial score (nSPS) is 10.1. The predicted molar refractivity (Wildman–Crippen MR) is 65.1 cm³/mol. The minimum absolute atomic E-state index is 0.273. The number of benzene rings is 1. The molecule has 16 heavy (non-hydrogen) atoms. The van der Waals surface area contributed by atoms with Crippen LogP contribution in [0, 0.1) is 12.7 Å². The smallest absolute Gasteiger partial charge is 0.137 e. The third-order valence-corrected chi connectivity index (χ3v) is 3.23. The van der Waals surface area contributed by atoms with E-state index in [1.807, 2.05) is 18.4 Å². The Hall–Kier alpha value is -1.61. The maximum Gasteiger partial charge on any atom is 0.137 e. The summed E-state index contributed by atoms with van der Waals surface area (Å²) in [6, 6.07) is 7.92. The number of aryl methyl sites for hydroxylation is 1. The fraction of sp³-hybridized carbons (Fsp3) is 0.0769. The lowest BCUT2D eigenvalue weighted by Gasteiger charge is -2.07. The van der Waals surface area contributed by atoms with E-state index in [4.69, 9.17) is 4.74 Å². The first-order valence-corrected chi connectivity index (χ1v) is 5.71. The van der Waals surface area contributed by atoms with Gasteiger partial charge in [0.2, 0.25) is 0 Å². The summed E-state index contributed by atoms with van der Waals surface area (Å²) >= 11 is 1.58. The van der Waals surface area contributed by atoms with Gasteiger partial charge in [-0.3, -0.25) is 0 Å². The highest BCUT2D eigenvalue weighted by Gasteiger charge is 2.06. The van der Waals surface area contributed by atoms with Crippen molar-refractivity contribution < 1.29 is 9.13 Å². The molecule has 0 atom stereocenters. The van der Waals surface area contributed by atoms with E-state index in [1.54, 1.807) is 23.5 Å². The van der Waals surface area contributed by atoms with Crippen LogP contribution in [0.5, 0.6) is 5.75 Å². The van der Waals surface area contributed by atoms with Gasteiger partial charge in [0, 0.05) is 0 Å². The van der Waals surface area contributed by atoms with Gasteiger partial charge >= 0.3 is 0 Å². The number of halogens is 1. The van der Waals surface area contributed by atoms with Gasteiger partial charge in [0.25, 0.3) is 0 Å². The second-order valence-electron chi connectivity index (χ2n) is 3.41. The summed E-state index contributed by atoms with van der Waals surface area (Å²) in [6.07, 6.45) is 0. The third kappa shape index (κ3) is 2.31. The molecule has 1 aromatic carbocycles. The molecule has 2 rings (SSSR count). The Morgan fingerprint density at radius 1 is 1.25 bits per heavy atom. The third-order valence-electron chi connectivity index (χ3n) is 2.17. The van der Waals surface area contributed by atoms with Crippen LogP contribution in [0.2, 0.25) is 0 Å². The van der Waals surface area contributed by atoms with Crippen LogP contribution in [0.15, 0.2) is 42.3 Å². The second-order valence-corrected chi connectivity index (χ2v) is 4.33. The number of ether oxygens (including phenoxy) is 1. The van der Waals surface area contributed by atoms with Gasteiger partial charge in [0.05, 0.1) is 4.88 Å². The fourth-order valence-electron chi connectivity index (χ4n) is 1.35. The number of thiophene rings is 1. The lowest BCUT2D eigenvalue weighted by Crippen LogP contribution is -1.92. The van der Waals surface area contributed by atoms with E-state index in [1.165, 1.54) is 12.1 Å². The van der Waals surface area contributed by atoms with Crippen molar-refractivity contribution in [3.05, 3.63) is 58.5 Å². The van der Waals surface area contributed by atoms with Crippen LogP contribution in [0.1, 0.15) is 10.4 Å². The molecular formula is C13H11FOS. The minimum Gasteiger partial charge on any atom is -0.457 e. The summed E-state index contributed by atoms with van der Waals surface area (Å²) in [6.45, 7) is 5.88. The highest BCUT2D eigenvalue weighted by Crippen LogP contribution is 2.26. The van der Waals surface area contributed by atoms with Crippen molar-refractivity contribution >= 4 is 17.1 Å². The minimum atomic E-state index is -0.273. The van der Waals surface area contributed by atoms with Gasteiger partial charge in [0.15, 0.2) is 0 Å². The molecule has 0 amide bonds. The Morgan fingerprint density at radius 2 is 1.94 bits per heavy atom. The summed E-state index contributed by atoms with van der Waals surface area (Å²) < 4.78 is 18.2. The largest absolute Gasteiger partial charge is 0.457 e. The number of hydrogen-bond acceptors (Lipinski definition) is 2. The van der Waals surface area contributed by atoms with Crippen LogP contribution in [-0.4, -0.2) is 0 Å². The van der Waals surface area contributed by atoms with Crippen molar-refractivity contribution in [1.82, 2.24) is 0 Å². The van der Waals surface area contributed by atoms with Gasteiger partial charge in [-0.25, -0.2) is 4.39 Å². The SMILES string of the molecule is C=C(Oc1ccc(F)cc1)c1sccc1C. The second kappa shape index (κ2) is 4.49. The molecule has 0 saturated carbocycles. The quantitative estimate of drug-likeness (QED) is 0.721. The Morgan fingerprint density at radius 3 is 2.50 bits per heavy atom. The van der Waals surface area contributed by atoms with E-state index in [0.717, 1.165) is 10.4 Å². The van der Waals surface area contributed by atoms with Crippen LogP contribution >= 0.6 is 11.3 Å². The van der Waals surface area contributed by atoms with E-state index in [2.05, 4.69) is 6.58 Å². The highest BCUT2D eigenvalue weighted by molar-refractivity contribution is 7.11. The molecular weight excluding hydrogens is 223 g/mol. The highest BCUT2D eigenvalue weighted by atomic mass is 32.1. The Kier molecular flexibility index (Phi) is 3.06.